The Morgan fingerprint density at radius 1 is 1.16 bits per heavy atom. The molecule has 3 rings (SSSR count). The smallest absolute Gasteiger partial charge is 0.193 e. The summed E-state index contributed by atoms with van der Waals surface area (Å²) in [6, 6.07) is 9.34. The fourth-order valence-electron chi connectivity index (χ4n) is 2.18. The molecule has 0 radical (unpaired) electrons. The zero-order chi connectivity index (χ0) is 13.4. The third-order valence-corrected chi connectivity index (χ3v) is 3.21. The number of carbonyl (C=O) groups is 1. The van der Waals surface area contributed by atoms with E-state index in [0.717, 1.165) is 17.7 Å². The molecule has 0 fully saturated rings. The first-order valence-corrected chi connectivity index (χ1v) is 6.00. The first-order chi connectivity index (χ1) is 9.15. The molecule has 2 aromatic carbocycles. The van der Waals surface area contributed by atoms with Crippen molar-refractivity contribution in [1.29, 1.82) is 0 Å². The summed E-state index contributed by atoms with van der Waals surface area (Å²) in [4.78, 5) is 12.3. The molecular weight excluding hydrogens is 245 g/mol. The lowest BCUT2D eigenvalue weighted by molar-refractivity contribution is 0.103. The minimum absolute atomic E-state index is 0.0182. The second-order valence-corrected chi connectivity index (χ2v) is 4.49. The molecule has 0 saturated carbocycles. The Morgan fingerprint density at radius 3 is 2.68 bits per heavy atom. The van der Waals surface area contributed by atoms with Crippen LogP contribution < -0.4 is 10.5 Å². The molecular formula is C15H12FNO2. The third-order valence-electron chi connectivity index (χ3n) is 3.21. The number of rotatable bonds is 2. The van der Waals surface area contributed by atoms with E-state index in [1.807, 2.05) is 6.07 Å². The van der Waals surface area contributed by atoms with Crippen LogP contribution >= 0.6 is 0 Å². The van der Waals surface area contributed by atoms with Gasteiger partial charge in [-0.2, -0.15) is 0 Å². The highest BCUT2D eigenvalue weighted by Crippen LogP contribution is 2.27. The Labute approximate surface area is 109 Å². The Morgan fingerprint density at radius 2 is 1.89 bits per heavy atom. The molecule has 0 aromatic heterocycles. The lowest BCUT2D eigenvalue weighted by Crippen LogP contribution is -2.03. The summed E-state index contributed by atoms with van der Waals surface area (Å²) in [5, 5.41) is 0. The van der Waals surface area contributed by atoms with Crippen LogP contribution in [0.25, 0.3) is 0 Å². The molecule has 1 aliphatic rings. The molecule has 0 spiro atoms. The summed E-state index contributed by atoms with van der Waals surface area (Å²) < 4.78 is 18.5. The number of benzene rings is 2. The molecule has 0 bridgehead atoms. The van der Waals surface area contributed by atoms with Gasteiger partial charge in [0.15, 0.2) is 5.78 Å². The Bertz CT molecular complexity index is 667. The molecule has 1 aliphatic heterocycles. The number of nitrogens with two attached hydrogens (primary N) is 1. The maximum Gasteiger partial charge on any atom is 0.193 e. The number of ketones is 1. The number of carbonyl (C=O) groups excluding carboxylic acids is 1. The second-order valence-electron chi connectivity index (χ2n) is 4.49. The van der Waals surface area contributed by atoms with Crippen LogP contribution in [0.3, 0.4) is 0 Å². The van der Waals surface area contributed by atoms with Gasteiger partial charge in [-0.1, -0.05) is 0 Å². The van der Waals surface area contributed by atoms with E-state index in [2.05, 4.69) is 0 Å². The van der Waals surface area contributed by atoms with Gasteiger partial charge in [0.1, 0.15) is 11.6 Å². The fraction of sp³-hybridized carbons (Fsp3) is 0.133. The van der Waals surface area contributed by atoms with Crippen LogP contribution in [0.2, 0.25) is 0 Å². The number of anilines is 1. The molecule has 2 aromatic rings. The van der Waals surface area contributed by atoms with Gasteiger partial charge in [0.05, 0.1) is 12.3 Å². The normalized spacial score (nSPS) is 12.9. The maximum absolute atomic E-state index is 13.1. The molecule has 3 nitrogen and oxygen atoms in total. The molecule has 0 amide bonds. The first kappa shape index (κ1) is 11.7. The van der Waals surface area contributed by atoms with E-state index < -0.39 is 5.82 Å². The van der Waals surface area contributed by atoms with Crippen molar-refractivity contribution in [3.63, 3.8) is 0 Å². The van der Waals surface area contributed by atoms with Gasteiger partial charge >= 0.3 is 0 Å². The van der Waals surface area contributed by atoms with Crippen LogP contribution in [0.1, 0.15) is 21.5 Å². The predicted octanol–water partition coefficient (Wildman–Crippen LogP) is 2.57. The zero-order valence-corrected chi connectivity index (χ0v) is 10.2. The quantitative estimate of drug-likeness (QED) is 0.664. The van der Waals surface area contributed by atoms with Gasteiger partial charge in [0.2, 0.25) is 0 Å². The molecule has 2 N–H and O–H groups in total. The summed E-state index contributed by atoms with van der Waals surface area (Å²) in [6.07, 6.45) is 0.808. The van der Waals surface area contributed by atoms with Crippen molar-refractivity contribution in [2.45, 2.75) is 6.42 Å². The minimum Gasteiger partial charge on any atom is -0.493 e. The number of nitrogen functional groups attached to an aromatic ring is 1. The van der Waals surface area contributed by atoms with Crippen molar-refractivity contribution >= 4 is 11.5 Å². The molecule has 0 unspecified atom stereocenters. The third kappa shape index (κ3) is 2.05. The number of ether oxygens (including phenoxy) is 1. The van der Waals surface area contributed by atoms with Crippen LogP contribution in [0, 0.1) is 5.82 Å². The van der Waals surface area contributed by atoms with Crippen LogP contribution in [0.4, 0.5) is 10.1 Å². The summed E-state index contributed by atoms with van der Waals surface area (Å²) in [5.41, 5.74) is 7.44. The van der Waals surface area contributed by atoms with Gasteiger partial charge in [-0.05, 0) is 42.0 Å². The SMILES string of the molecule is Nc1cc(C(=O)c2ccc3c(c2)CCO3)ccc1F. The van der Waals surface area contributed by atoms with E-state index in [0.29, 0.717) is 17.7 Å². The number of fused-ring (bicyclic) bond motifs is 1. The topological polar surface area (TPSA) is 52.3 Å². The van der Waals surface area contributed by atoms with Crippen molar-refractivity contribution in [1.82, 2.24) is 0 Å². The highest BCUT2D eigenvalue weighted by molar-refractivity contribution is 6.09. The second kappa shape index (κ2) is 4.39. The van der Waals surface area contributed by atoms with Crippen LogP contribution in [0.15, 0.2) is 36.4 Å². The van der Waals surface area contributed by atoms with Crippen molar-refractivity contribution in [3.8, 4) is 5.75 Å². The Kier molecular flexibility index (Phi) is 2.71. The van der Waals surface area contributed by atoms with Crippen LogP contribution in [-0.4, -0.2) is 12.4 Å². The lowest BCUT2D eigenvalue weighted by Gasteiger charge is -2.05. The number of hydrogen-bond acceptors (Lipinski definition) is 3. The summed E-state index contributed by atoms with van der Waals surface area (Å²) >= 11 is 0. The minimum atomic E-state index is -0.515. The van der Waals surface area contributed by atoms with Gasteiger partial charge < -0.3 is 10.5 Å². The van der Waals surface area contributed by atoms with Crippen LogP contribution in [-0.2, 0) is 6.42 Å². The molecule has 4 heteroatoms. The summed E-state index contributed by atoms with van der Waals surface area (Å²) in [7, 11) is 0. The lowest BCUT2D eigenvalue weighted by atomic mass is 10.00. The highest BCUT2D eigenvalue weighted by Gasteiger charge is 2.16. The predicted molar refractivity (Wildman–Crippen MR) is 69.9 cm³/mol. The van der Waals surface area contributed by atoms with E-state index in [-0.39, 0.29) is 11.5 Å². The molecule has 96 valence electrons. The average Bonchev–Trinajstić information content (AvgIpc) is 2.88. The molecule has 1 heterocycles. The Balaban J connectivity index is 1.97. The molecule has 0 saturated heterocycles. The van der Waals surface area contributed by atoms with Gasteiger partial charge in [0.25, 0.3) is 0 Å². The van der Waals surface area contributed by atoms with Gasteiger partial charge in [-0.3, -0.25) is 4.79 Å². The van der Waals surface area contributed by atoms with E-state index in [1.165, 1.54) is 18.2 Å². The highest BCUT2D eigenvalue weighted by atomic mass is 19.1. The molecule has 0 atom stereocenters. The van der Waals surface area contributed by atoms with Crippen molar-refractivity contribution in [3.05, 3.63) is 58.9 Å². The largest absolute Gasteiger partial charge is 0.493 e. The standard InChI is InChI=1S/C15H12FNO2/c16-12-3-1-11(8-13(12)17)15(18)10-2-4-14-9(7-10)5-6-19-14/h1-4,7-8H,5-6,17H2. The van der Waals surface area contributed by atoms with E-state index in [1.54, 1.807) is 12.1 Å². The van der Waals surface area contributed by atoms with Gasteiger partial charge in [0, 0.05) is 17.5 Å². The van der Waals surface area contributed by atoms with E-state index in [9.17, 15) is 9.18 Å². The van der Waals surface area contributed by atoms with Gasteiger partial charge in [-0.15, -0.1) is 0 Å². The van der Waals surface area contributed by atoms with Gasteiger partial charge in [-0.25, -0.2) is 4.39 Å². The van der Waals surface area contributed by atoms with E-state index in [4.69, 9.17) is 10.5 Å². The Hall–Kier alpha value is -2.36. The average molecular weight is 257 g/mol. The van der Waals surface area contributed by atoms with Crippen molar-refractivity contribution in [2.75, 3.05) is 12.3 Å². The first-order valence-electron chi connectivity index (χ1n) is 6.00. The zero-order valence-electron chi connectivity index (χ0n) is 10.2. The summed E-state index contributed by atoms with van der Waals surface area (Å²) in [6.45, 7) is 0.649. The van der Waals surface area contributed by atoms with Crippen molar-refractivity contribution in [2.24, 2.45) is 0 Å². The van der Waals surface area contributed by atoms with Crippen LogP contribution in [0.5, 0.6) is 5.75 Å². The fourth-order valence-corrected chi connectivity index (χ4v) is 2.18. The van der Waals surface area contributed by atoms with E-state index >= 15 is 0 Å². The number of hydrogen-bond donors (Lipinski definition) is 1. The van der Waals surface area contributed by atoms with Crippen molar-refractivity contribution < 1.29 is 13.9 Å². The summed E-state index contributed by atoms with van der Waals surface area (Å²) in [5.74, 6) is 0.149. The molecule has 0 aliphatic carbocycles. The monoisotopic (exact) mass is 257 g/mol. The molecule has 19 heavy (non-hydrogen) atoms. The number of halogens is 1. The maximum atomic E-state index is 13.1.